The van der Waals surface area contributed by atoms with E-state index in [1.807, 2.05) is 60.5 Å². The summed E-state index contributed by atoms with van der Waals surface area (Å²) in [4.78, 5) is 16.7. The van der Waals surface area contributed by atoms with E-state index in [1.54, 1.807) is 0 Å². The van der Waals surface area contributed by atoms with Crippen LogP contribution in [0.2, 0.25) is 0 Å². The zero-order chi connectivity index (χ0) is 19.9. The predicted molar refractivity (Wildman–Crippen MR) is 114 cm³/mol. The lowest BCUT2D eigenvalue weighted by Crippen LogP contribution is -2.34. The summed E-state index contributed by atoms with van der Waals surface area (Å²) in [5.41, 5.74) is 3.54. The molecule has 0 saturated carbocycles. The van der Waals surface area contributed by atoms with Crippen molar-refractivity contribution < 1.29 is 4.79 Å². The summed E-state index contributed by atoms with van der Waals surface area (Å²) in [5, 5.41) is 3.07. The third-order valence-electron chi connectivity index (χ3n) is 4.96. The lowest BCUT2D eigenvalue weighted by Gasteiger charge is -2.20. The number of hydrogen-bond acceptors (Lipinski definition) is 3. The van der Waals surface area contributed by atoms with Crippen molar-refractivity contribution in [3.05, 3.63) is 65.2 Å². The highest BCUT2D eigenvalue weighted by atomic mass is 16.2. The van der Waals surface area contributed by atoms with E-state index in [1.165, 1.54) is 0 Å². The molecule has 142 valence electrons. The number of anilines is 1. The molecule has 1 atom stereocenters. The summed E-state index contributed by atoms with van der Waals surface area (Å²) < 4.78 is 0. The highest BCUT2D eigenvalue weighted by Gasteiger charge is 2.27. The average Bonchev–Trinajstić information content (AvgIpc) is 3.22. The number of carbonyl (C=O) groups excluding carboxylic acids is 1. The second-order valence-electron chi connectivity index (χ2n) is 7.06. The van der Waals surface area contributed by atoms with Gasteiger partial charge in [0.25, 0.3) is 5.91 Å². The van der Waals surface area contributed by atoms with E-state index >= 15 is 0 Å². The van der Waals surface area contributed by atoms with Crippen molar-refractivity contribution >= 4 is 11.6 Å². The number of hydrogen-bond donors (Lipinski definition) is 1. The van der Waals surface area contributed by atoms with Gasteiger partial charge in [-0.25, -0.2) is 0 Å². The Morgan fingerprint density at radius 1 is 1.00 bits per heavy atom. The molecule has 2 aromatic carbocycles. The van der Waals surface area contributed by atoms with Gasteiger partial charge in [-0.15, -0.1) is 0 Å². The van der Waals surface area contributed by atoms with Crippen molar-refractivity contribution in [3.8, 4) is 23.7 Å². The Hall–Kier alpha value is -3.21. The number of rotatable bonds is 3. The predicted octanol–water partition coefficient (Wildman–Crippen LogP) is 2.91. The minimum atomic E-state index is 0.0914. The van der Waals surface area contributed by atoms with E-state index in [2.05, 4.69) is 48.0 Å². The van der Waals surface area contributed by atoms with Gasteiger partial charge >= 0.3 is 0 Å². The van der Waals surface area contributed by atoms with E-state index in [0.717, 1.165) is 36.3 Å². The van der Waals surface area contributed by atoms with Crippen LogP contribution >= 0.6 is 0 Å². The number of carbonyl (C=O) groups is 1. The Bertz CT molecular complexity index is 938. The van der Waals surface area contributed by atoms with Gasteiger partial charge in [0.05, 0.1) is 0 Å². The van der Waals surface area contributed by atoms with Crippen LogP contribution in [0.4, 0.5) is 5.69 Å². The molecule has 1 saturated heterocycles. The number of amides is 1. The van der Waals surface area contributed by atoms with Crippen molar-refractivity contribution in [3.63, 3.8) is 0 Å². The first-order valence-corrected chi connectivity index (χ1v) is 9.42. The van der Waals surface area contributed by atoms with Crippen molar-refractivity contribution in [1.29, 1.82) is 0 Å². The van der Waals surface area contributed by atoms with E-state index in [0.29, 0.717) is 11.6 Å². The van der Waals surface area contributed by atoms with Gasteiger partial charge in [0, 0.05) is 48.6 Å². The Balaban J connectivity index is 1.60. The molecule has 1 aliphatic heterocycles. The molecule has 4 heteroatoms. The van der Waals surface area contributed by atoms with Gasteiger partial charge in [-0.05, 0) is 80.9 Å². The summed E-state index contributed by atoms with van der Waals surface area (Å²) in [6.07, 6.45) is 1.03. The van der Waals surface area contributed by atoms with Crippen molar-refractivity contribution in [2.75, 3.05) is 39.5 Å². The zero-order valence-corrected chi connectivity index (χ0v) is 16.6. The largest absolute Gasteiger partial charge is 0.388 e. The van der Waals surface area contributed by atoms with E-state index in [9.17, 15) is 4.79 Å². The molecular formula is C24H25N3O. The lowest BCUT2D eigenvalue weighted by atomic mass is 10.1. The van der Waals surface area contributed by atoms with Crippen LogP contribution in [0.25, 0.3) is 0 Å². The van der Waals surface area contributed by atoms with E-state index in [4.69, 9.17) is 0 Å². The summed E-state index contributed by atoms with van der Waals surface area (Å²) in [7, 11) is 6.01. The number of nitrogens with one attached hydrogen (secondary N) is 1. The Morgan fingerprint density at radius 2 is 1.57 bits per heavy atom. The lowest BCUT2D eigenvalue weighted by molar-refractivity contribution is 0.0783. The SMILES string of the molecule is CNc1ccc(C#CC#Cc2ccc(C(=O)N3CCC(N(C)C)C3)cc2)cc1. The summed E-state index contributed by atoms with van der Waals surface area (Å²) in [5.74, 6) is 11.9. The van der Waals surface area contributed by atoms with Crippen molar-refractivity contribution in [1.82, 2.24) is 9.80 Å². The van der Waals surface area contributed by atoms with Gasteiger partial charge in [0.2, 0.25) is 0 Å². The first kappa shape index (κ1) is 19.5. The van der Waals surface area contributed by atoms with Gasteiger partial charge in [0.1, 0.15) is 0 Å². The highest BCUT2D eigenvalue weighted by Crippen LogP contribution is 2.16. The molecule has 2 aromatic rings. The number of likely N-dealkylation sites (tertiary alicyclic amines) is 1. The number of likely N-dealkylation sites (N-methyl/N-ethyl adjacent to an activating group) is 1. The molecule has 1 N–H and O–H groups in total. The highest BCUT2D eigenvalue weighted by molar-refractivity contribution is 5.94. The molecule has 0 bridgehead atoms. The second kappa shape index (κ2) is 9.13. The molecule has 0 spiro atoms. The molecule has 1 heterocycles. The minimum Gasteiger partial charge on any atom is -0.388 e. The van der Waals surface area contributed by atoms with Gasteiger partial charge in [-0.3, -0.25) is 4.79 Å². The van der Waals surface area contributed by atoms with Crippen LogP contribution in [0.1, 0.15) is 27.9 Å². The van der Waals surface area contributed by atoms with E-state index < -0.39 is 0 Å². The van der Waals surface area contributed by atoms with Gasteiger partial charge in [-0.1, -0.05) is 11.8 Å². The Labute approximate surface area is 167 Å². The molecule has 0 aromatic heterocycles. The van der Waals surface area contributed by atoms with Crippen LogP contribution in [-0.4, -0.2) is 56.0 Å². The quantitative estimate of drug-likeness (QED) is 0.843. The van der Waals surface area contributed by atoms with Crippen LogP contribution < -0.4 is 5.32 Å². The third-order valence-corrected chi connectivity index (χ3v) is 4.96. The summed E-state index contributed by atoms with van der Waals surface area (Å²) >= 11 is 0. The van der Waals surface area contributed by atoms with Crippen LogP contribution in [0.5, 0.6) is 0 Å². The second-order valence-corrected chi connectivity index (χ2v) is 7.06. The molecule has 0 radical (unpaired) electrons. The molecule has 1 fully saturated rings. The Kier molecular flexibility index (Phi) is 6.37. The first-order chi connectivity index (χ1) is 13.6. The summed E-state index contributed by atoms with van der Waals surface area (Å²) in [6, 6.07) is 15.8. The molecule has 28 heavy (non-hydrogen) atoms. The van der Waals surface area contributed by atoms with Crippen LogP contribution in [0.3, 0.4) is 0 Å². The molecule has 0 aliphatic carbocycles. The van der Waals surface area contributed by atoms with Gasteiger partial charge in [0.15, 0.2) is 0 Å². The minimum absolute atomic E-state index is 0.0914. The molecule has 1 aliphatic rings. The maximum Gasteiger partial charge on any atom is 0.253 e. The zero-order valence-electron chi connectivity index (χ0n) is 16.6. The van der Waals surface area contributed by atoms with Crippen LogP contribution in [-0.2, 0) is 0 Å². The van der Waals surface area contributed by atoms with Gasteiger partial charge in [-0.2, -0.15) is 0 Å². The molecular weight excluding hydrogens is 346 g/mol. The molecule has 3 rings (SSSR count). The van der Waals surface area contributed by atoms with Crippen LogP contribution in [0.15, 0.2) is 48.5 Å². The van der Waals surface area contributed by atoms with Crippen molar-refractivity contribution in [2.45, 2.75) is 12.5 Å². The smallest absolute Gasteiger partial charge is 0.253 e. The third kappa shape index (κ3) is 4.94. The maximum atomic E-state index is 12.6. The molecule has 1 unspecified atom stereocenters. The first-order valence-electron chi connectivity index (χ1n) is 9.42. The normalized spacial score (nSPS) is 15.4. The average molecular weight is 371 g/mol. The van der Waals surface area contributed by atoms with E-state index in [-0.39, 0.29) is 5.91 Å². The molecule has 1 amide bonds. The Morgan fingerprint density at radius 3 is 2.07 bits per heavy atom. The molecule has 4 nitrogen and oxygen atoms in total. The fraction of sp³-hybridized carbons (Fsp3) is 0.292. The standard InChI is InChI=1S/C24H25N3O/c1-25-22-14-10-20(11-15-22)7-5-4-6-19-8-12-21(13-9-19)24(28)27-17-16-23(18-27)26(2)3/h8-15,23,25H,16-18H2,1-3H3. The fourth-order valence-electron chi connectivity index (χ4n) is 3.15. The summed E-state index contributed by atoms with van der Waals surface area (Å²) in [6.45, 7) is 1.60. The monoisotopic (exact) mass is 371 g/mol. The van der Waals surface area contributed by atoms with Crippen LogP contribution in [0, 0.1) is 23.7 Å². The topological polar surface area (TPSA) is 35.6 Å². The number of benzene rings is 2. The fourth-order valence-corrected chi connectivity index (χ4v) is 3.15. The van der Waals surface area contributed by atoms with Crippen molar-refractivity contribution in [2.24, 2.45) is 0 Å². The van der Waals surface area contributed by atoms with Gasteiger partial charge < -0.3 is 15.1 Å². The number of nitrogens with zero attached hydrogens (tertiary/aromatic N) is 2. The maximum absolute atomic E-state index is 12.6.